The molecule has 228 valence electrons. The van der Waals surface area contributed by atoms with Gasteiger partial charge in [-0.1, -0.05) is 115 Å². The number of nitrogens with zero attached hydrogens (tertiary/aromatic N) is 4. The fourth-order valence-electron chi connectivity index (χ4n) is 6.46. The van der Waals surface area contributed by atoms with Gasteiger partial charge < -0.3 is 9.80 Å². The summed E-state index contributed by atoms with van der Waals surface area (Å²) in [4.78, 5) is 16.9. The first-order valence-electron chi connectivity index (χ1n) is 15.8. The van der Waals surface area contributed by atoms with E-state index in [-0.39, 0.29) is 0 Å². The number of hydrogen-bond acceptors (Lipinski definition) is 6. The van der Waals surface area contributed by atoms with Gasteiger partial charge in [0.05, 0.1) is 39.0 Å². The number of para-hydroxylation sites is 1. The van der Waals surface area contributed by atoms with E-state index in [1.165, 1.54) is 0 Å². The van der Waals surface area contributed by atoms with Gasteiger partial charge in [0, 0.05) is 39.0 Å². The topological polar surface area (TPSA) is 32.3 Å². The Bertz CT molecular complexity index is 2370. The molecule has 0 aliphatic carbocycles. The van der Waals surface area contributed by atoms with Gasteiger partial charge in [-0.15, -0.1) is 22.7 Å². The van der Waals surface area contributed by atoms with Crippen molar-refractivity contribution in [2.45, 2.75) is 0 Å². The quantitative estimate of drug-likeness (QED) is 0.179. The first kappa shape index (κ1) is 28.4. The van der Waals surface area contributed by atoms with E-state index in [0.29, 0.717) is 0 Å². The molecule has 48 heavy (non-hydrogen) atoms. The highest BCUT2D eigenvalue weighted by Crippen LogP contribution is 2.54. The molecule has 0 saturated carbocycles. The fraction of sp³-hybridized carbons (Fsp3) is 0. The largest absolute Gasteiger partial charge is 0.306 e. The van der Waals surface area contributed by atoms with Gasteiger partial charge in [0.2, 0.25) is 0 Å². The van der Waals surface area contributed by atoms with E-state index >= 15 is 0 Å². The van der Waals surface area contributed by atoms with Crippen LogP contribution in [0.1, 0.15) is 5.56 Å². The molecule has 0 N–H and O–H groups in total. The number of rotatable bonds is 6. The second-order valence-corrected chi connectivity index (χ2v) is 13.4. The first-order chi connectivity index (χ1) is 23.8. The van der Waals surface area contributed by atoms with Crippen LogP contribution < -0.4 is 9.80 Å². The minimum Gasteiger partial charge on any atom is -0.306 e. The monoisotopic (exact) mass is 652 g/mol. The zero-order valence-electron chi connectivity index (χ0n) is 25.8. The maximum absolute atomic E-state index is 5.56. The summed E-state index contributed by atoms with van der Waals surface area (Å²) in [7, 11) is 0. The number of thiophene rings is 2. The van der Waals surface area contributed by atoms with Gasteiger partial charge in [-0.3, -0.25) is 0 Å². The molecule has 0 unspecified atom stereocenters. The normalized spacial score (nSPS) is 12.6. The summed E-state index contributed by atoms with van der Waals surface area (Å²) >= 11 is 3.46. The molecule has 8 aromatic rings. The lowest BCUT2D eigenvalue weighted by Gasteiger charge is -2.39. The van der Waals surface area contributed by atoms with E-state index in [1.807, 2.05) is 12.1 Å². The van der Waals surface area contributed by atoms with Crippen molar-refractivity contribution in [1.29, 1.82) is 0 Å². The molecular formula is C42H28N4S2. The van der Waals surface area contributed by atoms with Crippen molar-refractivity contribution in [1.82, 2.24) is 9.97 Å². The molecule has 1 aliphatic heterocycles. The maximum atomic E-state index is 5.56. The molecule has 0 radical (unpaired) electrons. The molecule has 1 aliphatic rings. The Hall–Kier alpha value is -5.82. The summed E-state index contributed by atoms with van der Waals surface area (Å²) in [6.07, 6.45) is 2.28. The van der Waals surface area contributed by atoms with Crippen LogP contribution in [-0.4, -0.2) is 9.97 Å². The van der Waals surface area contributed by atoms with Gasteiger partial charge in [0.1, 0.15) is 5.52 Å². The Morgan fingerprint density at radius 3 is 1.71 bits per heavy atom. The van der Waals surface area contributed by atoms with Crippen molar-refractivity contribution in [3.8, 4) is 33.0 Å². The average Bonchev–Trinajstić information content (AvgIpc) is 3.90. The van der Waals surface area contributed by atoms with Gasteiger partial charge in [0.25, 0.3) is 0 Å². The van der Waals surface area contributed by atoms with Crippen LogP contribution >= 0.6 is 22.7 Å². The summed E-state index contributed by atoms with van der Waals surface area (Å²) in [6, 6.07) is 52.9. The van der Waals surface area contributed by atoms with Crippen LogP contribution in [0.3, 0.4) is 0 Å². The zero-order chi connectivity index (χ0) is 31.9. The zero-order valence-corrected chi connectivity index (χ0v) is 27.4. The Labute approximate surface area is 287 Å². The predicted octanol–water partition coefficient (Wildman–Crippen LogP) is 12.0. The lowest BCUT2D eigenvalue weighted by molar-refractivity contribution is 1.18. The molecular weight excluding hydrogens is 625 g/mol. The van der Waals surface area contributed by atoms with Crippen molar-refractivity contribution in [3.63, 3.8) is 0 Å². The summed E-state index contributed by atoms with van der Waals surface area (Å²) in [5, 5.41) is 5.41. The van der Waals surface area contributed by atoms with Crippen molar-refractivity contribution in [3.05, 3.63) is 174 Å². The summed E-state index contributed by atoms with van der Waals surface area (Å²) in [6.45, 7) is 0. The standard InChI is InChI=1S/C42H28N4S2/c1-5-15-29(16-6-1)35-28-45(37-24-14-26-48-37)42-34(46(35)32-21-11-4-12-22-32)27-33-41(38(42)36-23-13-25-47-36)44-40(31-19-9-3-10-20-31)39(43-33)30-17-7-2-8-18-30/h1-28H. The maximum Gasteiger partial charge on any atom is 0.100 e. The molecule has 4 nitrogen and oxygen atoms in total. The number of anilines is 4. The predicted molar refractivity (Wildman–Crippen MR) is 203 cm³/mol. The van der Waals surface area contributed by atoms with Gasteiger partial charge in [0.15, 0.2) is 0 Å². The highest BCUT2D eigenvalue weighted by molar-refractivity contribution is 7.14. The lowest BCUT2D eigenvalue weighted by atomic mass is 9.98. The number of fused-ring (bicyclic) bond motifs is 2. The molecule has 4 heterocycles. The van der Waals surface area contributed by atoms with Crippen molar-refractivity contribution >= 4 is 61.5 Å². The third-order valence-electron chi connectivity index (χ3n) is 8.58. The van der Waals surface area contributed by atoms with E-state index in [4.69, 9.17) is 9.97 Å². The number of aromatic nitrogens is 2. The van der Waals surface area contributed by atoms with Gasteiger partial charge >= 0.3 is 0 Å². The van der Waals surface area contributed by atoms with Crippen LogP contribution in [0.5, 0.6) is 0 Å². The molecule has 0 fully saturated rings. The molecule has 9 rings (SSSR count). The number of hydrogen-bond donors (Lipinski definition) is 0. The van der Waals surface area contributed by atoms with Crippen molar-refractivity contribution in [2.24, 2.45) is 0 Å². The van der Waals surface area contributed by atoms with E-state index < -0.39 is 0 Å². The SMILES string of the molecule is C1=C(c2ccccc2)N(c2ccccc2)c2cc3nc(-c4ccccc4)c(-c4ccccc4)nc3c(-c3cccs3)c2N1c1cccs1. The number of benzene rings is 5. The molecule has 0 bridgehead atoms. The Balaban J connectivity index is 1.44. The van der Waals surface area contributed by atoms with E-state index in [1.54, 1.807) is 22.7 Å². The Morgan fingerprint density at radius 1 is 0.521 bits per heavy atom. The second-order valence-electron chi connectivity index (χ2n) is 11.5. The van der Waals surface area contributed by atoms with Crippen LogP contribution in [0.2, 0.25) is 0 Å². The summed E-state index contributed by atoms with van der Waals surface area (Å²) < 4.78 is 0. The van der Waals surface area contributed by atoms with E-state index in [0.717, 1.165) is 77.3 Å². The van der Waals surface area contributed by atoms with Gasteiger partial charge in [-0.2, -0.15) is 0 Å². The first-order valence-corrected chi connectivity index (χ1v) is 17.6. The minimum atomic E-state index is 0.844. The van der Waals surface area contributed by atoms with Crippen molar-refractivity contribution in [2.75, 3.05) is 9.80 Å². The van der Waals surface area contributed by atoms with Gasteiger partial charge in [-0.25, -0.2) is 9.97 Å². The highest BCUT2D eigenvalue weighted by Gasteiger charge is 2.33. The Morgan fingerprint density at radius 2 is 1.10 bits per heavy atom. The van der Waals surface area contributed by atoms with Crippen LogP contribution in [-0.2, 0) is 0 Å². The molecule has 0 amide bonds. The van der Waals surface area contributed by atoms with E-state index in [9.17, 15) is 0 Å². The van der Waals surface area contributed by atoms with Crippen molar-refractivity contribution < 1.29 is 0 Å². The summed E-state index contributed by atoms with van der Waals surface area (Å²) in [5.41, 5.74) is 12.0. The van der Waals surface area contributed by atoms with Crippen LogP contribution in [0, 0.1) is 0 Å². The van der Waals surface area contributed by atoms with Crippen LogP contribution in [0.25, 0.3) is 49.7 Å². The average molecular weight is 653 g/mol. The molecule has 0 spiro atoms. The second kappa shape index (κ2) is 12.1. The molecule has 0 saturated heterocycles. The third-order valence-corrected chi connectivity index (χ3v) is 10.3. The minimum absolute atomic E-state index is 0.844. The smallest absolute Gasteiger partial charge is 0.100 e. The fourth-order valence-corrected chi connectivity index (χ4v) is 7.94. The Kier molecular flexibility index (Phi) is 7.15. The third kappa shape index (κ3) is 4.90. The highest BCUT2D eigenvalue weighted by atomic mass is 32.1. The molecule has 0 atom stereocenters. The lowest BCUT2D eigenvalue weighted by Crippen LogP contribution is -2.26. The molecule has 5 aromatic carbocycles. The van der Waals surface area contributed by atoms with Crippen LogP contribution in [0.15, 0.2) is 169 Å². The van der Waals surface area contributed by atoms with E-state index in [2.05, 4.69) is 166 Å². The van der Waals surface area contributed by atoms with Crippen LogP contribution in [0.4, 0.5) is 22.1 Å². The molecule has 6 heteroatoms. The summed E-state index contributed by atoms with van der Waals surface area (Å²) in [5.74, 6) is 0. The van der Waals surface area contributed by atoms with Gasteiger partial charge in [-0.05, 0) is 47.2 Å². The molecule has 3 aromatic heterocycles.